The average Bonchev–Trinajstić information content (AvgIpc) is 3.67. The van der Waals surface area contributed by atoms with Gasteiger partial charge in [0.05, 0.1) is 4.90 Å². The monoisotopic (exact) mass is 468 g/mol. The molecule has 5 nitrogen and oxygen atoms in total. The highest BCUT2D eigenvalue weighted by Gasteiger charge is 2.38. The number of carbonyl (C=O) groups excluding carboxylic acids is 1. The van der Waals surface area contributed by atoms with Crippen LogP contribution in [0.25, 0.3) is 16.8 Å². The summed E-state index contributed by atoms with van der Waals surface area (Å²) >= 11 is 6.13. The lowest BCUT2D eigenvalue weighted by molar-refractivity contribution is 0.0976. The van der Waals surface area contributed by atoms with Gasteiger partial charge in [0.1, 0.15) is 0 Å². The SMILES string of the molecule is Cc1c(C(=O)CC2CC2)c(-c2ccccc2S(N)(=O)=O)c(C2CC2)n1-c1ccc(Cl)cc1. The lowest BCUT2D eigenvalue weighted by Gasteiger charge is -2.14. The molecule has 2 N–H and O–H groups in total. The minimum Gasteiger partial charge on any atom is -0.317 e. The molecule has 32 heavy (non-hydrogen) atoms. The second-order valence-electron chi connectivity index (χ2n) is 8.92. The van der Waals surface area contributed by atoms with Gasteiger partial charge in [-0.3, -0.25) is 4.79 Å². The molecule has 0 amide bonds. The molecule has 2 aliphatic carbocycles. The number of primary sulfonamides is 1. The van der Waals surface area contributed by atoms with Gasteiger partial charge in [-0.15, -0.1) is 0 Å². The van der Waals surface area contributed by atoms with Gasteiger partial charge in [-0.2, -0.15) is 0 Å². The van der Waals surface area contributed by atoms with Gasteiger partial charge >= 0.3 is 0 Å². The van der Waals surface area contributed by atoms with Crippen LogP contribution in [0.2, 0.25) is 5.02 Å². The highest BCUT2D eigenvalue weighted by atomic mass is 35.5. The minimum atomic E-state index is -3.97. The Kier molecular flexibility index (Phi) is 5.27. The summed E-state index contributed by atoms with van der Waals surface area (Å²) in [6.07, 6.45) is 4.62. The van der Waals surface area contributed by atoms with E-state index in [-0.39, 0.29) is 16.6 Å². The van der Waals surface area contributed by atoms with Gasteiger partial charge in [-0.25, -0.2) is 13.6 Å². The molecule has 1 heterocycles. The third-order valence-electron chi connectivity index (χ3n) is 6.41. The van der Waals surface area contributed by atoms with E-state index in [2.05, 4.69) is 4.57 Å². The zero-order valence-corrected chi connectivity index (χ0v) is 19.4. The maximum atomic E-state index is 13.5. The Morgan fingerprint density at radius 3 is 2.31 bits per heavy atom. The Balaban J connectivity index is 1.83. The predicted molar refractivity (Wildman–Crippen MR) is 126 cm³/mol. The van der Waals surface area contributed by atoms with Crippen molar-refractivity contribution < 1.29 is 13.2 Å². The van der Waals surface area contributed by atoms with Gasteiger partial charge in [-0.1, -0.05) is 29.8 Å². The molecule has 5 rings (SSSR count). The fourth-order valence-electron chi connectivity index (χ4n) is 4.60. The summed E-state index contributed by atoms with van der Waals surface area (Å²) in [4.78, 5) is 13.6. The molecule has 2 aliphatic rings. The molecule has 0 unspecified atom stereocenters. The molecule has 0 bridgehead atoms. The second kappa shape index (κ2) is 7.87. The van der Waals surface area contributed by atoms with Crippen LogP contribution in [-0.2, 0) is 10.0 Å². The topological polar surface area (TPSA) is 82.2 Å². The molecule has 2 saturated carbocycles. The first-order valence-electron chi connectivity index (χ1n) is 10.9. The van der Waals surface area contributed by atoms with Crippen molar-refractivity contribution in [3.05, 3.63) is 70.5 Å². The summed E-state index contributed by atoms with van der Waals surface area (Å²) in [5, 5.41) is 6.23. The number of Topliss-reactive ketones (excluding diaryl/α,β-unsaturated/α-hetero) is 1. The average molecular weight is 469 g/mol. The Bertz CT molecular complexity index is 1320. The molecule has 0 spiro atoms. The zero-order valence-electron chi connectivity index (χ0n) is 17.8. The summed E-state index contributed by atoms with van der Waals surface area (Å²) in [6.45, 7) is 1.95. The number of nitrogens with two attached hydrogens (primary N) is 1. The maximum Gasteiger partial charge on any atom is 0.238 e. The first-order chi connectivity index (χ1) is 15.3. The number of halogens is 1. The van der Waals surface area contributed by atoms with E-state index < -0.39 is 10.0 Å². The molecule has 1 aromatic heterocycles. The summed E-state index contributed by atoms with van der Waals surface area (Å²) < 4.78 is 27.0. The third-order valence-corrected chi connectivity index (χ3v) is 7.63. The molecule has 0 atom stereocenters. The van der Waals surface area contributed by atoms with Gasteiger partial charge in [0.25, 0.3) is 0 Å². The second-order valence-corrected chi connectivity index (χ2v) is 10.9. The molecule has 0 aliphatic heterocycles. The van der Waals surface area contributed by atoms with Crippen LogP contribution in [0.1, 0.15) is 59.8 Å². The van der Waals surface area contributed by atoms with Crippen LogP contribution in [0, 0.1) is 12.8 Å². The van der Waals surface area contributed by atoms with E-state index in [1.54, 1.807) is 18.2 Å². The van der Waals surface area contributed by atoms with E-state index in [1.807, 2.05) is 31.2 Å². The van der Waals surface area contributed by atoms with Crippen LogP contribution < -0.4 is 5.14 Å². The van der Waals surface area contributed by atoms with Gasteiger partial charge in [-0.05, 0) is 68.9 Å². The van der Waals surface area contributed by atoms with Crippen molar-refractivity contribution in [2.24, 2.45) is 11.1 Å². The van der Waals surface area contributed by atoms with E-state index >= 15 is 0 Å². The molecule has 2 aromatic carbocycles. The first-order valence-corrected chi connectivity index (χ1v) is 12.8. The van der Waals surface area contributed by atoms with Crippen LogP contribution in [-0.4, -0.2) is 18.8 Å². The molecule has 0 radical (unpaired) electrons. The minimum absolute atomic E-state index is 0.0515. The van der Waals surface area contributed by atoms with Crippen molar-refractivity contribution in [3.63, 3.8) is 0 Å². The number of nitrogens with zero attached hydrogens (tertiary/aromatic N) is 1. The number of hydrogen-bond donors (Lipinski definition) is 1. The van der Waals surface area contributed by atoms with Crippen LogP contribution in [0.15, 0.2) is 53.4 Å². The number of hydrogen-bond acceptors (Lipinski definition) is 3. The van der Waals surface area contributed by atoms with E-state index in [4.69, 9.17) is 16.7 Å². The molecule has 0 saturated heterocycles. The van der Waals surface area contributed by atoms with E-state index in [0.29, 0.717) is 28.5 Å². The Morgan fingerprint density at radius 2 is 1.72 bits per heavy atom. The number of benzene rings is 2. The first kappa shape index (κ1) is 21.4. The van der Waals surface area contributed by atoms with Crippen molar-refractivity contribution in [2.75, 3.05) is 0 Å². The lowest BCUT2D eigenvalue weighted by atomic mass is 9.94. The standard InChI is InChI=1S/C25H25ClN2O3S/c1-15-23(21(29)14-16-6-7-16)24(20-4-2-3-5-22(20)32(27,30)31)25(17-8-9-17)28(15)19-12-10-18(26)11-13-19/h2-5,10-13,16-17H,6-9,14H2,1H3,(H2,27,30,31). The fraction of sp³-hybridized carbons (Fsp3) is 0.320. The molecule has 3 aromatic rings. The fourth-order valence-corrected chi connectivity index (χ4v) is 5.47. The smallest absolute Gasteiger partial charge is 0.238 e. The molecular weight excluding hydrogens is 444 g/mol. The lowest BCUT2D eigenvalue weighted by Crippen LogP contribution is -2.14. The van der Waals surface area contributed by atoms with Crippen LogP contribution in [0.3, 0.4) is 0 Å². The molecule has 7 heteroatoms. The number of rotatable bonds is 7. The Hall–Kier alpha value is -2.41. The van der Waals surface area contributed by atoms with Crippen molar-refractivity contribution in [3.8, 4) is 16.8 Å². The quantitative estimate of drug-likeness (QED) is 0.457. The number of carbonyl (C=O) groups is 1. The van der Waals surface area contributed by atoms with Crippen molar-refractivity contribution in [2.45, 2.75) is 49.8 Å². The predicted octanol–water partition coefficient (Wildman–Crippen LogP) is 5.61. The van der Waals surface area contributed by atoms with E-state index in [9.17, 15) is 13.2 Å². The summed E-state index contributed by atoms with van der Waals surface area (Å²) in [7, 11) is -3.97. The van der Waals surface area contributed by atoms with Crippen LogP contribution in [0.4, 0.5) is 0 Å². The van der Waals surface area contributed by atoms with Crippen molar-refractivity contribution in [1.82, 2.24) is 4.57 Å². The summed E-state index contributed by atoms with van der Waals surface area (Å²) in [5.41, 5.74) is 4.57. The van der Waals surface area contributed by atoms with E-state index in [0.717, 1.165) is 48.3 Å². The van der Waals surface area contributed by atoms with Gasteiger partial charge < -0.3 is 4.57 Å². The molecule has 2 fully saturated rings. The third kappa shape index (κ3) is 3.91. The molecular formula is C25H25ClN2O3S. The van der Waals surface area contributed by atoms with Crippen LogP contribution in [0.5, 0.6) is 0 Å². The highest BCUT2D eigenvalue weighted by molar-refractivity contribution is 7.89. The van der Waals surface area contributed by atoms with Gasteiger partial charge in [0.2, 0.25) is 10.0 Å². The summed E-state index contributed by atoms with van der Waals surface area (Å²) in [5.74, 6) is 0.751. The van der Waals surface area contributed by atoms with Gasteiger partial charge in [0.15, 0.2) is 5.78 Å². The number of ketones is 1. The van der Waals surface area contributed by atoms with Crippen LogP contribution >= 0.6 is 11.6 Å². The normalized spacial score (nSPS) is 16.3. The maximum absolute atomic E-state index is 13.5. The highest BCUT2D eigenvalue weighted by Crippen LogP contribution is 2.50. The van der Waals surface area contributed by atoms with Gasteiger partial charge in [0, 0.05) is 51.1 Å². The number of aromatic nitrogens is 1. The zero-order chi connectivity index (χ0) is 22.6. The number of sulfonamides is 1. The summed E-state index contributed by atoms with van der Waals surface area (Å²) in [6, 6.07) is 14.3. The Labute approximate surface area is 193 Å². The van der Waals surface area contributed by atoms with E-state index in [1.165, 1.54) is 6.07 Å². The molecule has 166 valence electrons. The van der Waals surface area contributed by atoms with Crippen molar-refractivity contribution >= 4 is 27.4 Å². The van der Waals surface area contributed by atoms with Crippen molar-refractivity contribution in [1.29, 1.82) is 0 Å². The Morgan fingerprint density at radius 1 is 1.06 bits per heavy atom. The largest absolute Gasteiger partial charge is 0.317 e.